The topological polar surface area (TPSA) is 105 Å². The van der Waals surface area contributed by atoms with Crippen molar-refractivity contribution in [3.05, 3.63) is 12.2 Å². The molecular formula is C6H5NO6. The largest absolute Gasteiger partial charge is 0.510 e. The van der Waals surface area contributed by atoms with Gasteiger partial charge in [-0.25, -0.2) is 14.6 Å². The van der Waals surface area contributed by atoms with E-state index in [1.807, 2.05) is 0 Å². The molecule has 0 atom stereocenters. The number of hydrogen-bond donors (Lipinski definition) is 2. The van der Waals surface area contributed by atoms with Crippen LogP contribution in [0, 0.1) is 0 Å². The summed E-state index contributed by atoms with van der Waals surface area (Å²) in [6, 6.07) is 0. The Morgan fingerprint density at radius 3 is 2.08 bits per heavy atom. The molecule has 0 fully saturated rings. The van der Waals surface area contributed by atoms with Gasteiger partial charge in [-0.1, -0.05) is 0 Å². The lowest BCUT2D eigenvalue weighted by Crippen LogP contribution is -2.34. The van der Waals surface area contributed by atoms with Crippen molar-refractivity contribution in [2.75, 3.05) is 0 Å². The molecule has 0 spiro atoms. The molecule has 0 radical (unpaired) electrons. The summed E-state index contributed by atoms with van der Waals surface area (Å²) in [6.07, 6.45) is 0.197. The van der Waals surface area contributed by atoms with Crippen molar-refractivity contribution in [2.24, 2.45) is 4.99 Å². The molecule has 0 bridgehead atoms. The lowest BCUT2D eigenvalue weighted by atomic mass is 10.5. The normalized spacial score (nSPS) is 16.9. The Kier molecular flexibility index (Phi) is 2.18. The minimum atomic E-state index is -2.07. The van der Waals surface area contributed by atoms with Gasteiger partial charge in [0, 0.05) is 12.3 Å². The predicted octanol–water partition coefficient (Wildman–Crippen LogP) is 0.670. The molecular weight excluding hydrogens is 182 g/mol. The average Bonchev–Trinajstić information content (AvgIpc) is 2.33. The third-order valence-corrected chi connectivity index (χ3v) is 1.11. The minimum absolute atomic E-state index is 1.06. The molecule has 13 heavy (non-hydrogen) atoms. The Morgan fingerprint density at radius 2 is 1.77 bits per heavy atom. The van der Waals surface area contributed by atoms with Crippen LogP contribution in [0.4, 0.5) is 9.59 Å². The maximum absolute atomic E-state index is 10.1. The highest BCUT2D eigenvalue weighted by Crippen LogP contribution is 2.20. The molecule has 1 aliphatic heterocycles. The summed E-state index contributed by atoms with van der Waals surface area (Å²) >= 11 is 0. The molecule has 0 amide bonds. The van der Waals surface area contributed by atoms with Gasteiger partial charge in [-0.15, -0.1) is 0 Å². The Bertz CT molecular complexity index is 263. The molecule has 7 heteroatoms. The number of hydrogen-bond acceptors (Lipinski definition) is 5. The van der Waals surface area contributed by atoms with Crippen LogP contribution in [0.3, 0.4) is 0 Å². The van der Waals surface area contributed by atoms with Crippen LogP contribution in [0.1, 0.15) is 0 Å². The average molecular weight is 187 g/mol. The van der Waals surface area contributed by atoms with E-state index in [2.05, 4.69) is 14.5 Å². The van der Waals surface area contributed by atoms with Gasteiger partial charge in [0.05, 0.1) is 0 Å². The lowest BCUT2D eigenvalue weighted by Gasteiger charge is -2.19. The number of carbonyl (C=O) groups is 2. The van der Waals surface area contributed by atoms with Gasteiger partial charge in [-0.3, -0.25) is 0 Å². The van der Waals surface area contributed by atoms with E-state index in [1.165, 1.54) is 12.3 Å². The smallest absolute Gasteiger partial charge is 0.450 e. The van der Waals surface area contributed by atoms with Gasteiger partial charge in [0.1, 0.15) is 0 Å². The summed E-state index contributed by atoms with van der Waals surface area (Å²) in [4.78, 5) is 23.7. The molecule has 2 N–H and O–H groups in total. The molecule has 1 heterocycles. The van der Waals surface area contributed by atoms with E-state index >= 15 is 0 Å². The summed E-state index contributed by atoms with van der Waals surface area (Å²) in [5, 5.41) is 16.5. The maximum atomic E-state index is 10.1. The second-order valence-corrected chi connectivity index (χ2v) is 2.00. The monoisotopic (exact) mass is 187 g/mol. The summed E-state index contributed by atoms with van der Waals surface area (Å²) < 4.78 is 8.28. The first-order valence-electron chi connectivity index (χ1n) is 3.11. The van der Waals surface area contributed by atoms with Crippen LogP contribution in [-0.4, -0.2) is 34.6 Å². The second kappa shape index (κ2) is 3.13. The fourth-order valence-electron chi connectivity index (χ4n) is 0.746. The van der Waals surface area contributed by atoms with Gasteiger partial charge in [0.2, 0.25) is 0 Å². The SMILES string of the molecule is O=C(O)OC1(OC(=O)O)C=CC=N1. The fraction of sp³-hybridized carbons (Fsp3) is 0.167. The van der Waals surface area contributed by atoms with Crippen LogP contribution >= 0.6 is 0 Å². The van der Waals surface area contributed by atoms with E-state index < -0.39 is 18.2 Å². The van der Waals surface area contributed by atoms with Gasteiger partial charge in [0.25, 0.3) is 0 Å². The van der Waals surface area contributed by atoms with Crippen LogP contribution in [0.25, 0.3) is 0 Å². The summed E-state index contributed by atoms with van der Waals surface area (Å²) in [6.45, 7) is 0. The number of nitrogens with zero attached hydrogens (tertiary/aromatic N) is 1. The van der Waals surface area contributed by atoms with E-state index in [4.69, 9.17) is 10.2 Å². The molecule has 7 nitrogen and oxygen atoms in total. The number of aliphatic imine (C=N–C) groups is 1. The molecule has 0 saturated carbocycles. The third-order valence-electron chi connectivity index (χ3n) is 1.11. The Labute approximate surface area is 71.9 Å². The maximum Gasteiger partial charge on any atom is 0.510 e. The van der Waals surface area contributed by atoms with Crippen molar-refractivity contribution in [1.29, 1.82) is 0 Å². The molecule has 70 valence electrons. The van der Waals surface area contributed by atoms with Crippen molar-refractivity contribution in [3.63, 3.8) is 0 Å². The van der Waals surface area contributed by atoms with Crippen molar-refractivity contribution in [3.8, 4) is 0 Å². The Hall–Kier alpha value is -2.05. The highest BCUT2D eigenvalue weighted by molar-refractivity contribution is 5.76. The first kappa shape index (κ1) is 9.04. The standard InChI is InChI=1S/C6H5NO6/c8-4(9)12-6(13-5(10)11)2-1-3-7-6/h1-3H,(H,8,9)(H,10,11). The zero-order chi connectivity index (χ0) is 9.90. The quantitative estimate of drug-likeness (QED) is 0.486. The predicted molar refractivity (Wildman–Crippen MR) is 38.6 cm³/mol. The van der Waals surface area contributed by atoms with Crippen molar-refractivity contribution in [1.82, 2.24) is 0 Å². The fourth-order valence-corrected chi connectivity index (χ4v) is 0.746. The number of carboxylic acid groups (broad SMARTS) is 2. The number of rotatable bonds is 2. The minimum Gasteiger partial charge on any atom is -0.450 e. The molecule has 0 aromatic carbocycles. The first-order chi connectivity index (χ1) is 6.04. The zero-order valence-electron chi connectivity index (χ0n) is 6.21. The zero-order valence-corrected chi connectivity index (χ0v) is 6.21. The number of ether oxygens (including phenoxy) is 2. The lowest BCUT2D eigenvalue weighted by molar-refractivity contribution is -0.140. The number of allylic oxidation sites excluding steroid dienone is 1. The van der Waals surface area contributed by atoms with Crippen LogP contribution in [0.2, 0.25) is 0 Å². The van der Waals surface area contributed by atoms with Gasteiger partial charge in [-0.05, 0) is 6.08 Å². The third kappa shape index (κ3) is 2.19. The van der Waals surface area contributed by atoms with E-state index in [1.54, 1.807) is 0 Å². The molecule has 0 aromatic heterocycles. The highest BCUT2D eigenvalue weighted by Gasteiger charge is 2.37. The molecule has 0 aliphatic carbocycles. The van der Waals surface area contributed by atoms with Crippen LogP contribution in [0.15, 0.2) is 17.1 Å². The molecule has 0 unspecified atom stereocenters. The molecule has 0 aromatic rings. The van der Waals surface area contributed by atoms with Gasteiger partial charge in [-0.2, -0.15) is 0 Å². The van der Waals surface area contributed by atoms with E-state index in [-0.39, 0.29) is 0 Å². The molecule has 1 rings (SSSR count). The Morgan fingerprint density at radius 1 is 1.23 bits per heavy atom. The molecule has 0 saturated heterocycles. The summed E-state index contributed by atoms with van der Waals surface area (Å²) in [5.41, 5.74) is 0. The van der Waals surface area contributed by atoms with Crippen molar-refractivity contribution >= 4 is 18.5 Å². The summed E-state index contributed by atoms with van der Waals surface area (Å²) in [7, 11) is 0. The van der Waals surface area contributed by atoms with E-state index in [9.17, 15) is 9.59 Å². The van der Waals surface area contributed by atoms with Gasteiger partial charge < -0.3 is 19.7 Å². The van der Waals surface area contributed by atoms with Crippen molar-refractivity contribution in [2.45, 2.75) is 5.91 Å². The van der Waals surface area contributed by atoms with E-state index in [0.717, 1.165) is 6.08 Å². The Balaban J connectivity index is 2.76. The molecule has 1 aliphatic rings. The van der Waals surface area contributed by atoms with Gasteiger partial charge >= 0.3 is 18.2 Å². The first-order valence-corrected chi connectivity index (χ1v) is 3.11. The van der Waals surface area contributed by atoms with Crippen molar-refractivity contribution < 1.29 is 29.3 Å². The summed E-state index contributed by atoms with van der Waals surface area (Å²) in [5.74, 6) is -2.07. The van der Waals surface area contributed by atoms with E-state index in [0.29, 0.717) is 0 Å². The second-order valence-electron chi connectivity index (χ2n) is 2.00. The van der Waals surface area contributed by atoms with Crippen LogP contribution in [-0.2, 0) is 9.47 Å². The highest BCUT2D eigenvalue weighted by atomic mass is 16.8. The van der Waals surface area contributed by atoms with Crippen LogP contribution < -0.4 is 0 Å². The van der Waals surface area contributed by atoms with Crippen LogP contribution in [0.5, 0.6) is 0 Å². The van der Waals surface area contributed by atoms with Gasteiger partial charge in [0.15, 0.2) is 0 Å².